The number of imidazole rings is 1. The van der Waals surface area contributed by atoms with Gasteiger partial charge in [-0.3, -0.25) is 4.79 Å². The molecule has 3 aromatic rings. The molecule has 3 aromatic heterocycles. The lowest BCUT2D eigenvalue weighted by atomic mass is 10.1. The average Bonchev–Trinajstić information content (AvgIpc) is 3.52. The fraction of sp³-hybridized carbons (Fsp3) is 0.381. The molecule has 1 aliphatic heterocycles. The van der Waals surface area contributed by atoms with Crippen LogP contribution in [0.2, 0.25) is 0 Å². The van der Waals surface area contributed by atoms with E-state index in [0.717, 1.165) is 32.9 Å². The lowest BCUT2D eigenvalue weighted by molar-refractivity contribution is -0.130. The van der Waals surface area contributed by atoms with E-state index in [1.165, 1.54) is 11.8 Å². The van der Waals surface area contributed by atoms with E-state index in [-0.39, 0.29) is 17.7 Å². The normalized spacial score (nSPS) is 16.3. The summed E-state index contributed by atoms with van der Waals surface area (Å²) in [5, 5.41) is 9.08. The molecule has 1 unspecified atom stereocenters. The van der Waals surface area contributed by atoms with Crippen molar-refractivity contribution in [2.45, 2.75) is 38.0 Å². The van der Waals surface area contributed by atoms with E-state index in [4.69, 9.17) is 9.15 Å². The highest BCUT2D eigenvalue weighted by Crippen LogP contribution is 2.35. The van der Waals surface area contributed by atoms with Crippen molar-refractivity contribution in [1.29, 1.82) is 0 Å². The Kier molecular flexibility index (Phi) is 6.40. The van der Waals surface area contributed by atoms with Gasteiger partial charge in [-0.15, -0.1) is 11.3 Å². The zero-order valence-corrected chi connectivity index (χ0v) is 18.8. The second-order valence-corrected chi connectivity index (χ2v) is 8.89. The van der Waals surface area contributed by atoms with Gasteiger partial charge in [0.1, 0.15) is 11.8 Å². The van der Waals surface area contributed by atoms with Crippen LogP contribution in [0.3, 0.4) is 0 Å². The number of ether oxygens (including phenoxy) is 1. The molecule has 0 radical (unpaired) electrons. The number of hydrazone groups is 1. The van der Waals surface area contributed by atoms with Crippen LogP contribution in [0.4, 0.5) is 0 Å². The Morgan fingerprint density at radius 2 is 2.23 bits per heavy atom. The molecule has 0 N–H and O–H groups in total. The maximum atomic E-state index is 13.2. The Hall–Kier alpha value is -2.36. The summed E-state index contributed by atoms with van der Waals surface area (Å²) in [5.74, 6) is 0.933. The number of aromatic nitrogens is 2. The average molecular weight is 445 g/mol. The molecule has 0 saturated carbocycles. The summed E-state index contributed by atoms with van der Waals surface area (Å²) < 4.78 is 12.9. The molecule has 9 heteroatoms. The van der Waals surface area contributed by atoms with Crippen LogP contribution in [0.25, 0.3) is 0 Å². The van der Waals surface area contributed by atoms with Crippen molar-refractivity contribution in [3.8, 4) is 0 Å². The number of aryl methyl sites for hydroxylation is 1. The molecule has 0 aromatic carbocycles. The van der Waals surface area contributed by atoms with Crippen molar-refractivity contribution in [1.82, 2.24) is 14.6 Å². The van der Waals surface area contributed by atoms with Gasteiger partial charge in [0, 0.05) is 25.8 Å². The maximum Gasteiger partial charge on any atom is 0.253 e. The van der Waals surface area contributed by atoms with Gasteiger partial charge < -0.3 is 13.7 Å². The fourth-order valence-corrected chi connectivity index (χ4v) is 5.10. The Labute approximate surface area is 183 Å². The summed E-state index contributed by atoms with van der Waals surface area (Å²) in [6.07, 6.45) is 2.28. The number of hydrogen-bond donors (Lipinski definition) is 0. The minimum atomic E-state index is -0.220. The monoisotopic (exact) mass is 444 g/mol. The van der Waals surface area contributed by atoms with Crippen LogP contribution in [-0.4, -0.2) is 45.6 Å². The Balaban J connectivity index is 1.52. The Bertz CT molecular complexity index is 1030. The number of carbonyl (C=O) groups excluding carboxylic acids is 1. The van der Waals surface area contributed by atoms with Crippen molar-refractivity contribution in [2.75, 3.05) is 19.5 Å². The standard InChI is InChI=1S/C21H24N4O3S2/c1-14-15(2)24(8-10-27-3)21(22-14)30-13-20(26)25-17(18-6-4-9-28-18)12-16(23-25)19-7-5-11-29-19/h4-7,9,11,17H,8,10,12-13H2,1-3H3. The number of thiophene rings is 1. The van der Waals surface area contributed by atoms with Gasteiger partial charge in [0.25, 0.3) is 5.91 Å². The molecule has 30 heavy (non-hydrogen) atoms. The fourth-order valence-electron chi connectivity index (χ4n) is 3.41. The van der Waals surface area contributed by atoms with Gasteiger partial charge in [-0.25, -0.2) is 9.99 Å². The number of rotatable bonds is 8. The van der Waals surface area contributed by atoms with Crippen LogP contribution in [0.15, 0.2) is 50.6 Å². The van der Waals surface area contributed by atoms with Gasteiger partial charge in [-0.2, -0.15) is 5.10 Å². The molecule has 158 valence electrons. The molecule has 1 aliphatic rings. The first-order valence-electron chi connectivity index (χ1n) is 9.70. The largest absolute Gasteiger partial charge is 0.467 e. The first kappa shape index (κ1) is 20.9. The zero-order valence-electron chi connectivity index (χ0n) is 17.2. The third-order valence-corrected chi connectivity index (χ3v) is 6.99. The van der Waals surface area contributed by atoms with Crippen molar-refractivity contribution in [3.05, 3.63) is 57.9 Å². The zero-order chi connectivity index (χ0) is 21.1. The highest BCUT2D eigenvalue weighted by Gasteiger charge is 2.35. The van der Waals surface area contributed by atoms with E-state index in [9.17, 15) is 4.79 Å². The number of hydrogen-bond acceptors (Lipinski definition) is 7. The number of furan rings is 1. The predicted molar refractivity (Wildman–Crippen MR) is 118 cm³/mol. The summed E-state index contributed by atoms with van der Waals surface area (Å²) in [4.78, 5) is 18.9. The first-order chi connectivity index (χ1) is 14.6. The van der Waals surface area contributed by atoms with Gasteiger partial charge >= 0.3 is 0 Å². The topological polar surface area (TPSA) is 72.9 Å². The van der Waals surface area contributed by atoms with Crippen molar-refractivity contribution in [2.24, 2.45) is 5.10 Å². The van der Waals surface area contributed by atoms with Crippen LogP contribution in [0.5, 0.6) is 0 Å². The lowest BCUT2D eigenvalue weighted by Crippen LogP contribution is -2.28. The molecule has 0 fully saturated rings. The summed E-state index contributed by atoms with van der Waals surface area (Å²) in [7, 11) is 1.68. The molecule has 7 nitrogen and oxygen atoms in total. The van der Waals surface area contributed by atoms with Crippen LogP contribution < -0.4 is 0 Å². The highest BCUT2D eigenvalue weighted by atomic mass is 32.2. The Morgan fingerprint density at radius 1 is 1.37 bits per heavy atom. The van der Waals surface area contributed by atoms with E-state index in [2.05, 4.69) is 14.7 Å². The third-order valence-electron chi connectivity index (χ3n) is 5.11. The molecule has 4 rings (SSSR count). The number of amides is 1. The van der Waals surface area contributed by atoms with Gasteiger partial charge in [0.2, 0.25) is 0 Å². The molecule has 0 bridgehead atoms. The molecule has 0 saturated heterocycles. The first-order valence-corrected chi connectivity index (χ1v) is 11.6. The minimum Gasteiger partial charge on any atom is -0.467 e. The number of carbonyl (C=O) groups is 1. The molecule has 0 spiro atoms. The third kappa shape index (κ3) is 4.23. The van der Waals surface area contributed by atoms with Crippen molar-refractivity contribution >= 4 is 34.7 Å². The van der Waals surface area contributed by atoms with Crippen LogP contribution in [-0.2, 0) is 16.1 Å². The quantitative estimate of drug-likeness (QED) is 0.485. The SMILES string of the molecule is COCCn1c(SCC(=O)N2N=C(c3cccs3)CC2c2ccco2)nc(C)c1C. The van der Waals surface area contributed by atoms with Crippen LogP contribution in [0.1, 0.15) is 34.5 Å². The van der Waals surface area contributed by atoms with E-state index >= 15 is 0 Å². The lowest BCUT2D eigenvalue weighted by Gasteiger charge is -2.19. The number of methoxy groups -OCH3 is 1. The predicted octanol–water partition coefficient (Wildman–Crippen LogP) is 4.27. The van der Waals surface area contributed by atoms with Crippen molar-refractivity contribution < 1.29 is 13.9 Å². The molecular formula is C21H24N4O3S2. The smallest absolute Gasteiger partial charge is 0.253 e. The van der Waals surface area contributed by atoms with Gasteiger partial charge in [0.15, 0.2) is 5.16 Å². The van der Waals surface area contributed by atoms with Crippen LogP contribution in [0, 0.1) is 13.8 Å². The number of thioether (sulfide) groups is 1. The number of nitrogens with zero attached hydrogens (tertiary/aromatic N) is 4. The van der Waals surface area contributed by atoms with E-state index < -0.39 is 0 Å². The highest BCUT2D eigenvalue weighted by molar-refractivity contribution is 7.99. The van der Waals surface area contributed by atoms with Gasteiger partial charge in [-0.1, -0.05) is 17.8 Å². The molecule has 4 heterocycles. The summed E-state index contributed by atoms with van der Waals surface area (Å²) in [6.45, 7) is 5.32. The second-order valence-electron chi connectivity index (χ2n) is 7.00. The minimum absolute atomic E-state index is 0.0652. The van der Waals surface area contributed by atoms with Crippen LogP contribution >= 0.6 is 23.1 Å². The molecule has 0 aliphatic carbocycles. The van der Waals surface area contributed by atoms with Gasteiger partial charge in [0.05, 0.1) is 34.9 Å². The van der Waals surface area contributed by atoms with Gasteiger partial charge in [-0.05, 0) is 37.4 Å². The van der Waals surface area contributed by atoms with E-state index in [0.29, 0.717) is 19.6 Å². The van der Waals surface area contributed by atoms with E-state index in [1.54, 1.807) is 29.7 Å². The molecular weight excluding hydrogens is 420 g/mol. The van der Waals surface area contributed by atoms with E-state index in [1.807, 2.05) is 43.5 Å². The summed E-state index contributed by atoms with van der Waals surface area (Å²) in [5.41, 5.74) is 2.97. The van der Waals surface area contributed by atoms with Crippen molar-refractivity contribution in [3.63, 3.8) is 0 Å². The summed E-state index contributed by atoms with van der Waals surface area (Å²) in [6, 6.07) is 7.55. The second kappa shape index (κ2) is 9.20. The Morgan fingerprint density at radius 3 is 2.93 bits per heavy atom. The molecule has 1 amide bonds. The maximum absolute atomic E-state index is 13.2. The summed E-state index contributed by atoms with van der Waals surface area (Å²) >= 11 is 3.06. The molecule has 1 atom stereocenters.